The molecule has 0 unspecified atom stereocenters. The van der Waals surface area contributed by atoms with Gasteiger partial charge in [-0.15, -0.1) is 0 Å². The molecule has 1 rings (SSSR count). The molecular weight excluding hydrogens is 268 g/mol. The van der Waals surface area contributed by atoms with Crippen molar-refractivity contribution in [2.45, 2.75) is 54.1 Å². The monoisotopic (exact) mass is 292 g/mol. The Hall–Kier alpha value is -1.98. The topological polar surface area (TPSA) is 76.5 Å². The van der Waals surface area contributed by atoms with Crippen molar-refractivity contribution in [2.24, 2.45) is 10.6 Å². The van der Waals surface area contributed by atoms with Crippen LogP contribution in [0.1, 0.15) is 54.2 Å². The molecule has 0 aromatic carbocycles. The van der Waals surface area contributed by atoms with Crippen molar-refractivity contribution in [1.82, 2.24) is 9.97 Å². The number of rotatable bonds is 3. The minimum absolute atomic E-state index is 0.106. The Balaban J connectivity index is 2.77. The molecule has 0 radical (unpaired) electrons. The van der Waals surface area contributed by atoms with E-state index >= 15 is 0 Å². The second-order valence-electron chi connectivity index (χ2n) is 6.87. The molecule has 0 saturated heterocycles. The summed E-state index contributed by atoms with van der Waals surface area (Å²) in [5.41, 5.74) is 0.410. The molecular formula is C15H24N4O2. The van der Waals surface area contributed by atoms with Crippen LogP contribution in [0.2, 0.25) is 0 Å². The summed E-state index contributed by atoms with van der Waals surface area (Å²) in [6, 6.07) is 0. The molecule has 1 aromatic heterocycles. The Bertz CT molecular complexity index is 522. The number of hydrogen-bond acceptors (Lipinski definition) is 5. The van der Waals surface area contributed by atoms with Crippen molar-refractivity contribution < 1.29 is 9.63 Å². The highest BCUT2D eigenvalue weighted by Crippen LogP contribution is 2.16. The molecule has 116 valence electrons. The summed E-state index contributed by atoms with van der Waals surface area (Å²) in [6.45, 7) is 13.1. The van der Waals surface area contributed by atoms with Gasteiger partial charge in [0.1, 0.15) is 17.0 Å². The lowest BCUT2D eigenvalue weighted by Crippen LogP contribution is -2.28. The first-order valence-corrected chi connectivity index (χ1v) is 6.86. The third-order valence-corrected chi connectivity index (χ3v) is 2.40. The first-order chi connectivity index (χ1) is 9.49. The molecule has 21 heavy (non-hydrogen) atoms. The van der Waals surface area contributed by atoms with E-state index in [2.05, 4.69) is 20.4 Å². The number of nitrogens with zero attached hydrogens (tertiary/aromatic N) is 3. The highest BCUT2D eigenvalue weighted by atomic mass is 16.6. The molecule has 0 saturated carbocycles. The Morgan fingerprint density at radius 1 is 1.14 bits per heavy atom. The molecule has 1 heterocycles. The summed E-state index contributed by atoms with van der Waals surface area (Å²) >= 11 is 0. The number of carbonyl (C=O) groups is 1. The molecule has 1 aromatic rings. The first kappa shape index (κ1) is 17.1. The summed E-state index contributed by atoms with van der Waals surface area (Å²) in [7, 11) is 0. The van der Waals surface area contributed by atoms with Crippen molar-refractivity contribution >= 4 is 17.4 Å². The first-order valence-electron chi connectivity index (χ1n) is 6.86. The molecule has 1 N–H and O–H groups in total. The second-order valence-corrected chi connectivity index (χ2v) is 6.87. The van der Waals surface area contributed by atoms with Crippen LogP contribution in [0.25, 0.3) is 0 Å². The summed E-state index contributed by atoms with van der Waals surface area (Å²) < 4.78 is 0. The SMILES string of the molecule is CC(=NOC(C)(C)C)c1cnc(NC(=O)C(C)(C)C)cn1. The molecule has 0 atom stereocenters. The summed E-state index contributed by atoms with van der Waals surface area (Å²) in [4.78, 5) is 25.6. The third-order valence-electron chi connectivity index (χ3n) is 2.40. The predicted octanol–water partition coefficient (Wildman–Crippen LogP) is 3.00. The summed E-state index contributed by atoms with van der Waals surface area (Å²) in [6.07, 6.45) is 3.07. The second kappa shape index (κ2) is 6.20. The van der Waals surface area contributed by atoms with E-state index in [4.69, 9.17) is 4.84 Å². The van der Waals surface area contributed by atoms with Crippen molar-refractivity contribution in [2.75, 3.05) is 5.32 Å². The molecule has 6 nitrogen and oxygen atoms in total. The highest BCUT2D eigenvalue weighted by Gasteiger charge is 2.21. The lowest BCUT2D eigenvalue weighted by Gasteiger charge is -2.17. The molecule has 1 amide bonds. The fourth-order valence-corrected chi connectivity index (χ4v) is 1.14. The third kappa shape index (κ3) is 5.89. The standard InChI is InChI=1S/C15H24N4O2/c1-10(19-21-15(5,6)7)11-8-17-12(9-16-11)18-13(20)14(2,3)4/h8-9H,1-7H3,(H,17,18,20). The van der Waals surface area contributed by atoms with E-state index in [1.165, 1.54) is 6.20 Å². The van der Waals surface area contributed by atoms with Crippen LogP contribution >= 0.6 is 0 Å². The molecule has 0 aliphatic carbocycles. The largest absolute Gasteiger partial charge is 0.390 e. The van der Waals surface area contributed by atoms with Gasteiger partial charge in [-0.05, 0) is 27.7 Å². The average molecular weight is 292 g/mol. The predicted molar refractivity (Wildman–Crippen MR) is 83.2 cm³/mol. The zero-order chi connectivity index (χ0) is 16.3. The van der Waals surface area contributed by atoms with Gasteiger partial charge in [0.2, 0.25) is 5.91 Å². The van der Waals surface area contributed by atoms with Crippen molar-refractivity contribution in [1.29, 1.82) is 0 Å². The van der Waals surface area contributed by atoms with Gasteiger partial charge < -0.3 is 10.2 Å². The maximum Gasteiger partial charge on any atom is 0.230 e. The van der Waals surface area contributed by atoms with Crippen LogP contribution in [-0.2, 0) is 9.63 Å². The van der Waals surface area contributed by atoms with Crippen molar-refractivity contribution in [3.05, 3.63) is 18.1 Å². The zero-order valence-corrected chi connectivity index (χ0v) is 13.8. The Morgan fingerprint density at radius 3 is 2.19 bits per heavy atom. The Kier molecular flexibility index (Phi) is 5.04. The molecule has 0 fully saturated rings. The van der Waals surface area contributed by atoms with Gasteiger partial charge in [-0.2, -0.15) is 0 Å². The van der Waals surface area contributed by atoms with Crippen LogP contribution in [0.4, 0.5) is 5.82 Å². The molecule has 0 aliphatic heterocycles. The van der Waals surface area contributed by atoms with Gasteiger partial charge in [-0.1, -0.05) is 25.9 Å². The minimum Gasteiger partial charge on any atom is -0.390 e. The number of oxime groups is 1. The van der Waals surface area contributed by atoms with E-state index in [0.29, 0.717) is 17.2 Å². The number of hydrogen-bond donors (Lipinski definition) is 1. The summed E-state index contributed by atoms with van der Waals surface area (Å²) in [5, 5.41) is 6.74. The normalized spacial score (nSPS) is 13.0. The van der Waals surface area contributed by atoms with Gasteiger partial charge in [0.05, 0.1) is 12.4 Å². The zero-order valence-electron chi connectivity index (χ0n) is 13.8. The number of aromatic nitrogens is 2. The molecule has 0 bridgehead atoms. The Morgan fingerprint density at radius 2 is 1.76 bits per heavy atom. The van der Waals surface area contributed by atoms with E-state index in [1.807, 2.05) is 41.5 Å². The van der Waals surface area contributed by atoms with Gasteiger partial charge in [-0.3, -0.25) is 4.79 Å². The van der Waals surface area contributed by atoms with Crippen LogP contribution < -0.4 is 5.32 Å². The number of carbonyl (C=O) groups excluding carboxylic acids is 1. The van der Waals surface area contributed by atoms with E-state index in [-0.39, 0.29) is 11.5 Å². The minimum atomic E-state index is -0.474. The molecule has 0 spiro atoms. The van der Waals surface area contributed by atoms with E-state index in [1.54, 1.807) is 13.1 Å². The van der Waals surface area contributed by atoms with E-state index in [0.717, 1.165) is 0 Å². The maximum absolute atomic E-state index is 11.8. The van der Waals surface area contributed by atoms with Gasteiger partial charge in [0, 0.05) is 5.41 Å². The van der Waals surface area contributed by atoms with Crippen LogP contribution in [0.15, 0.2) is 17.5 Å². The van der Waals surface area contributed by atoms with Crippen molar-refractivity contribution in [3.8, 4) is 0 Å². The number of amides is 1. The fourth-order valence-electron chi connectivity index (χ4n) is 1.14. The van der Waals surface area contributed by atoms with Crippen LogP contribution in [0, 0.1) is 5.41 Å². The van der Waals surface area contributed by atoms with Gasteiger partial charge in [0.15, 0.2) is 5.82 Å². The van der Waals surface area contributed by atoms with Crippen molar-refractivity contribution in [3.63, 3.8) is 0 Å². The number of nitrogens with one attached hydrogen (secondary N) is 1. The van der Waals surface area contributed by atoms with Gasteiger partial charge in [0.25, 0.3) is 0 Å². The summed E-state index contributed by atoms with van der Waals surface area (Å²) in [5.74, 6) is 0.314. The number of anilines is 1. The van der Waals surface area contributed by atoms with Crippen LogP contribution in [-0.4, -0.2) is 27.2 Å². The smallest absolute Gasteiger partial charge is 0.230 e. The van der Waals surface area contributed by atoms with Gasteiger partial charge in [-0.25, -0.2) is 9.97 Å². The molecule has 0 aliphatic rings. The fraction of sp³-hybridized carbons (Fsp3) is 0.600. The Labute approximate surface area is 126 Å². The lowest BCUT2D eigenvalue weighted by atomic mass is 9.96. The van der Waals surface area contributed by atoms with Crippen LogP contribution in [0.5, 0.6) is 0 Å². The van der Waals surface area contributed by atoms with Crippen LogP contribution in [0.3, 0.4) is 0 Å². The van der Waals surface area contributed by atoms with E-state index in [9.17, 15) is 4.79 Å². The quantitative estimate of drug-likeness (QED) is 0.686. The van der Waals surface area contributed by atoms with Gasteiger partial charge >= 0.3 is 0 Å². The van der Waals surface area contributed by atoms with E-state index < -0.39 is 5.41 Å². The lowest BCUT2D eigenvalue weighted by molar-refractivity contribution is -0.123. The maximum atomic E-state index is 11.8. The average Bonchev–Trinajstić information content (AvgIpc) is 2.35. The highest BCUT2D eigenvalue weighted by molar-refractivity contribution is 5.97. The molecule has 6 heteroatoms.